The van der Waals surface area contributed by atoms with Gasteiger partial charge in [0.15, 0.2) is 0 Å². The van der Waals surface area contributed by atoms with E-state index in [2.05, 4.69) is 5.32 Å². The van der Waals surface area contributed by atoms with Crippen LogP contribution in [0.2, 0.25) is 0 Å². The topological polar surface area (TPSA) is 110 Å². The summed E-state index contributed by atoms with van der Waals surface area (Å²) in [6.45, 7) is 3.92. The first-order chi connectivity index (χ1) is 10.3. The first kappa shape index (κ1) is 18.8. The number of β-lactam (4-membered cyclic amide) rings is 1. The molecule has 0 aromatic rings. The van der Waals surface area contributed by atoms with Crippen molar-refractivity contribution in [3.63, 3.8) is 0 Å². The molecule has 23 heavy (non-hydrogen) atoms. The zero-order chi connectivity index (χ0) is 16.2. The third kappa shape index (κ3) is 2.84. The van der Waals surface area contributed by atoms with Gasteiger partial charge in [-0.3, -0.25) is 9.59 Å². The van der Waals surface area contributed by atoms with E-state index in [1.54, 1.807) is 0 Å². The molecule has 1 unspecified atom stereocenters. The third-order valence-electron chi connectivity index (χ3n) is 4.57. The summed E-state index contributed by atoms with van der Waals surface area (Å²) in [5.74, 6) is -2.75. The quantitative estimate of drug-likeness (QED) is 0.391. The van der Waals surface area contributed by atoms with Crippen molar-refractivity contribution in [3.8, 4) is 0 Å². The van der Waals surface area contributed by atoms with Crippen LogP contribution in [0.25, 0.3) is 0 Å². The molecule has 0 aliphatic carbocycles. The number of hydrogen-bond acceptors (Lipinski definition) is 6. The van der Waals surface area contributed by atoms with E-state index < -0.39 is 23.9 Å². The summed E-state index contributed by atoms with van der Waals surface area (Å²) in [7, 11) is 0. The fraction of sp³-hybridized carbons (Fsp3) is 0.643. The van der Waals surface area contributed by atoms with Crippen LogP contribution < -0.4 is 40.0 Å². The van der Waals surface area contributed by atoms with Crippen LogP contribution in [0.1, 0.15) is 20.3 Å². The second-order valence-corrected chi connectivity index (χ2v) is 7.18. The Bertz CT molecular complexity index is 594. The summed E-state index contributed by atoms with van der Waals surface area (Å²) in [6.07, 6.45) is -0.211. The first-order valence-corrected chi connectivity index (χ1v) is 8.13. The van der Waals surface area contributed by atoms with Gasteiger partial charge in [-0.15, -0.1) is 11.8 Å². The number of carboxylic acid groups (broad SMARTS) is 1. The fourth-order valence-electron chi connectivity index (χ4n) is 3.51. The van der Waals surface area contributed by atoms with Crippen molar-refractivity contribution in [1.29, 1.82) is 0 Å². The third-order valence-corrected chi connectivity index (χ3v) is 6.12. The molecule has 120 valence electrons. The van der Waals surface area contributed by atoms with Gasteiger partial charge in [0.25, 0.3) is 0 Å². The Kier molecular flexibility index (Phi) is 5.52. The molecule has 5 atom stereocenters. The molecule has 7 nitrogen and oxygen atoms in total. The monoisotopic (exact) mass is 348 g/mol. The minimum atomic E-state index is -1.41. The van der Waals surface area contributed by atoms with Crippen molar-refractivity contribution < 1.29 is 54.2 Å². The molecule has 0 aromatic carbocycles. The van der Waals surface area contributed by atoms with Crippen molar-refractivity contribution in [1.82, 2.24) is 10.2 Å². The van der Waals surface area contributed by atoms with Crippen LogP contribution in [-0.4, -0.2) is 51.7 Å². The van der Waals surface area contributed by atoms with E-state index in [4.69, 9.17) is 0 Å². The van der Waals surface area contributed by atoms with Crippen LogP contribution in [0.4, 0.5) is 0 Å². The molecule has 2 fully saturated rings. The number of thioether (sulfide) groups is 1. The molecular weight excluding hydrogens is 331 g/mol. The Morgan fingerprint density at radius 1 is 1.48 bits per heavy atom. The van der Waals surface area contributed by atoms with Gasteiger partial charge in [0.05, 0.1) is 35.0 Å². The van der Waals surface area contributed by atoms with E-state index in [1.165, 1.54) is 23.6 Å². The number of nitrogens with zero attached hydrogens (tertiary/aromatic N) is 1. The second-order valence-electron chi connectivity index (χ2n) is 5.94. The molecule has 9 heteroatoms. The number of rotatable bonds is 4. The molecular formula is C14H17N2NaO5S. The molecule has 3 aliphatic rings. The number of amides is 2. The number of aliphatic carboxylic acids is 1. The summed E-state index contributed by atoms with van der Waals surface area (Å²) in [5, 5.41) is 23.6. The number of fused-ring (bicyclic) bond motifs is 1. The average Bonchev–Trinajstić information content (AvgIpc) is 2.92. The summed E-state index contributed by atoms with van der Waals surface area (Å²) in [6, 6.07) is -0.368. The predicted molar refractivity (Wildman–Crippen MR) is 76.0 cm³/mol. The van der Waals surface area contributed by atoms with Crippen LogP contribution in [-0.2, 0) is 14.4 Å². The molecule has 0 spiro atoms. The van der Waals surface area contributed by atoms with E-state index >= 15 is 0 Å². The van der Waals surface area contributed by atoms with Crippen LogP contribution in [0.15, 0.2) is 10.6 Å². The summed E-state index contributed by atoms with van der Waals surface area (Å²) >= 11 is 1.20. The molecule has 0 saturated carbocycles. The van der Waals surface area contributed by atoms with Crippen molar-refractivity contribution in [2.75, 3.05) is 6.54 Å². The normalized spacial score (nSPS) is 33.8. The zero-order valence-electron chi connectivity index (χ0n) is 13.2. The van der Waals surface area contributed by atoms with Gasteiger partial charge >= 0.3 is 29.6 Å². The standard InChI is InChI=1S/C14H18N2O5S.Na/c1-5-9-8(6(2)17)13(19)16(9)10(14(20)21)11(5)22-7-3-4-15-12(7)18;/h5-9,17H,3-4H2,1-2H3,(H,15,18)(H,20,21);/q;+1/p-1/t5-,6-,7?,8-,9-;/m1./s1. The summed E-state index contributed by atoms with van der Waals surface area (Å²) in [4.78, 5) is 37.1. The SMILES string of the molecule is C[C@@H](O)[C@H]1C(=O)N2C(C(=O)[O-])=C(SC3CCNC3=O)[C@H](C)[C@H]12.[Na+]. The van der Waals surface area contributed by atoms with Gasteiger partial charge in [0.1, 0.15) is 0 Å². The molecule has 2 N–H and O–H groups in total. The largest absolute Gasteiger partial charge is 1.00 e. The van der Waals surface area contributed by atoms with Crippen molar-refractivity contribution in [2.24, 2.45) is 11.8 Å². The van der Waals surface area contributed by atoms with Crippen molar-refractivity contribution >= 4 is 29.5 Å². The summed E-state index contributed by atoms with van der Waals surface area (Å²) in [5.41, 5.74) is -0.135. The second kappa shape index (κ2) is 6.76. The molecule has 0 radical (unpaired) electrons. The Morgan fingerprint density at radius 3 is 2.61 bits per heavy atom. The number of aliphatic hydroxyl groups excluding tert-OH is 1. The predicted octanol–water partition coefficient (Wildman–Crippen LogP) is -4.57. The van der Waals surface area contributed by atoms with E-state index in [1.807, 2.05) is 6.92 Å². The number of carbonyl (C=O) groups excluding carboxylic acids is 3. The van der Waals surface area contributed by atoms with E-state index in [9.17, 15) is 24.6 Å². The van der Waals surface area contributed by atoms with Crippen molar-refractivity contribution in [3.05, 3.63) is 10.6 Å². The van der Waals surface area contributed by atoms with Gasteiger partial charge < -0.3 is 25.2 Å². The minimum absolute atomic E-state index is 0. The van der Waals surface area contributed by atoms with Gasteiger partial charge in [-0.05, 0) is 13.3 Å². The van der Waals surface area contributed by atoms with E-state index in [0.717, 1.165) is 0 Å². The maximum absolute atomic E-state index is 12.1. The minimum Gasteiger partial charge on any atom is -0.543 e. The van der Waals surface area contributed by atoms with E-state index in [0.29, 0.717) is 17.9 Å². The zero-order valence-corrected chi connectivity index (χ0v) is 16.1. The maximum Gasteiger partial charge on any atom is 1.00 e. The number of hydrogen-bond donors (Lipinski definition) is 2. The van der Waals surface area contributed by atoms with Crippen molar-refractivity contribution in [2.45, 2.75) is 37.7 Å². The molecule has 3 heterocycles. The molecule has 0 bridgehead atoms. The smallest absolute Gasteiger partial charge is 0.543 e. The fourth-order valence-corrected chi connectivity index (χ4v) is 4.89. The molecule has 3 rings (SSSR count). The van der Waals surface area contributed by atoms with E-state index in [-0.39, 0.29) is 58.4 Å². The maximum atomic E-state index is 12.1. The number of aliphatic hydroxyl groups is 1. The number of carbonyl (C=O) groups is 3. The van der Waals surface area contributed by atoms with Gasteiger partial charge in [-0.2, -0.15) is 0 Å². The number of carboxylic acids is 1. The van der Waals surface area contributed by atoms with Gasteiger partial charge in [0.2, 0.25) is 11.8 Å². The molecule has 2 saturated heterocycles. The Hall–Kier alpha value is -0.540. The van der Waals surface area contributed by atoms with Crippen LogP contribution in [0, 0.1) is 11.8 Å². The van der Waals surface area contributed by atoms with Crippen LogP contribution >= 0.6 is 11.8 Å². The Balaban J connectivity index is 0.00000192. The Labute approximate surface area is 160 Å². The molecule has 0 aromatic heterocycles. The van der Waals surface area contributed by atoms with Gasteiger partial charge in [0, 0.05) is 17.4 Å². The summed E-state index contributed by atoms with van der Waals surface area (Å²) < 4.78 is 0. The molecule has 2 amide bonds. The first-order valence-electron chi connectivity index (χ1n) is 7.25. The molecule has 3 aliphatic heterocycles. The van der Waals surface area contributed by atoms with Gasteiger partial charge in [-0.1, -0.05) is 6.92 Å². The van der Waals surface area contributed by atoms with Crippen LogP contribution in [0.3, 0.4) is 0 Å². The average molecular weight is 348 g/mol. The van der Waals surface area contributed by atoms with Crippen LogP contribution in [0.5, 0.6) is 0 Å². The van der Waals surface area contributed by atoms with Gasteiger partial charge in [-0.25, -0.2) is 0 Å². The number of nitrogens with one attached hydrogen (secondary N) is 1. The Morgan fingerprint density at radius 2 is 2.13 bits per heavy atom.